The summed E-state index contributed by atoms with van der Waals surface area (Å²) in [6.07, 6.45) is 5.85. The van der Waals surface area contributed by atoms with Crippen LogP contribution in [0.5, 0.6) is 23.0 Å². The molecule has 4 aromatic rings. The van der Waals surface area contributed by atoms with Gasteiger partial charge in [0.05, 0.1) is 50.0 Å². The van der Waals surface area contributed by atoms with Crippen LogP contribution in [0.15, 0.2) is 121 Å². The third-order valence-electron chi connectivity index (χ3n) is 5.79. The van der Waals surface area contributed by atoms with E-state index in [4.69, 9.17) is 20.4 Å². The van der Waals surface area contributed by atoms with Crippen LogP contribution >= 0.6 is 0 Å². The standard InChI is InChI=1S/3C8H8O3.C7H6O3.C6H8O2.C3H6O2.3K/c3*1-11-8(10)6-2-4-7(9)5-3-6;8-6-3-1-5(2-4-6)7(9)10;1-2-3-4-5-6(7)8;1-2-3(4)5;;;/h3*2-5,9H,1H3;1-4,8H,(H,9,10);2-5H,1H3,(H,7,8);2H2,1H3,(H,4,5);;;/q;;;;;;3*+1/p-3. The molecule has 16 nitrogen and oxygen atoms in total. The number of ether oxygens (including phenoxy) is 3. The molecular weight excluding hydrogens is 854 g/mol. The van der Waals surface area contributed by atoms with Crippen molar-refractivity contribution in [1.29, 1.82) is 0 Å². The van der Waals surface area contributed by atoms with Crippen LogP contribution < -0.4 is 169 Å². The van der Waals surface area contributed by atoms with Gasteiger partial charge in [-0.05, 0) is 122 Å². The van der Waals surface area contributed by atoms with Gasteiger partial charge in [0.1, 0.15) is 23.0 Å². The second kappa shape index (κ2) is 40.7. The number of benzene rings is 4. The molecule has 0 amide bonds. The Labute approximate surface area is 469 Å². The molecule has 4 aromatic carbocycles. The fourth-order valence-electron chi connectivity index (χ4n) is 2.99. The number of carbonyl (C=O) groups excluding carboxylic acids is 6. The van der Waals surface area contributed by atoms with E-state index in [0.29, 0.717) is 16.7 Å². The second-order valence-electron chi connectivity index (χ2n) is 9.88. The van der Waals surface area contributed by atoms with E-state index in [1.807, 2.05) is 0 Å². The summed E-state index contributed by atoms with van der Waals surface area (Å²) >= 11 is 0. The van der Waals surface area contributed by atoms with Gasteiger partial charge in [-0.25, -0.2) is 14.4 Å². The minimum Gasteiger partial charge on any atom is -0.550 e. The van der Waals surface area contributed by atoms with Gasteiger partial charge in [-0.2, -0.15) is 0 Å². The summed E-state index contributed by atoms with van der Waals surface area (Å²) in [6, 6.07) is 22.8. The first-order valence-corrected chi connectivity index (χ1v) is 15.8. The van der Waals surface area contributed by atoms with Crippen LogP contribution in [0.2, 0.25) is 0 Å². The topological polar surface area (TPSA) is 280 Å². The van der Waals surface area contributed by atoms with Gasteiger partial charge in [0.25, 0.3) is 0 Å². The van der Waals surface area contributed by atoms with E-state index in [-0.39, 0.29) is 189 Å². The van der Waals surface area contributed by atoms with E-state index in [1.165, 1.54) is 131 Å². The van der Waals surface area contributed by atoms with Crippen LogP contribution in [0, 0.1) is 0 Å². The summed E-state index contributed by atoms with van der Waals surface area (Å²) in [5, 5.41) is 64.3. The number of aliphatic carboxylic acids is 2. The molecule has 4 N–H and O–H groups in total. The van der Waals surface area contributed by atoms with E-state index in [1.54, 1.807) is 19.1 Å². The largest absolute Gasteiger partial charge is 1.00 e. The van der Waals surface area contributed by atoms with Gasteiger partial charge in [-0.15, -0.1) is 0 Å². The summed E-state index contributed by atoms with van der Waals surface area (Å²) in [5.74, 6) is -4.13. The summed E-state index contributed by atoms with van der Waals surface area (Å²) < 4.78 is 13.4. The van der Waals surface area contributed by atoms with E-state index in [9.17, 15) is 44.1 Å². The Bertz CT molecular complexity index is 1710. The Balaban J connectivity index is -0.000000199. The fourth-order valence-corrected chi connectivity index (χ4v) is 2.99. The molecule has 0 saturated heterocycles. The zero-order valence-corrected chi connectivity index (χ0v) is 43.3. The maximum Gasteiger partial charge on any atom is 1.00 e. The monoisotopic (exact) mass is 894 g/mol. The Morgan fingerprint density at radius 1 is 0.492 bits per heavy atom. The number of phenolic OH excluding ortho intramolecular Hbond substituents is 4. The van der Waals surface area contributed by atoms with Crippen molar-refractivity contribution in [1.82, 2.24) is 0 Å². The Morgan fingerprint density at radius 2 is 0.729 bits per heavy atom. The zero-order chi connectivity index (χ0) is 43.1. The normalized spacial score (nSPS) is 8.83. The van der Waals surface area contributed by atoms with Crippen molar-refractivity contribution < 1.29 is 233 Å². The number of methoxy groups -OCH3 is 3. The minimum absolute atomic E-state index is 0. The third kappa shape index (κ3) is 35.7. The Morgan fingerprint density at radius 3 is 0.898 bits per heavy atom. The quantitative estimate of drug-likeness (QED) is 0.0441. The Hall–Kier alpha value is -2.71. The average molecular weight is 895 g/mol. The van der Waals surface area contributed by atoms with Gasteiger partial charge >= 0.3 is 172 Å². The molecule has 19 heteroatoms. The van der Waals surface area contributed by atoms with Crippen LogP contribution in [0.3, 0.4) is 0 Å². The summed E-state index contributed by atoms with van der Waals surface area (Å²) in [7, 11) is 3.94. The number of hydrogen-bond acceptors (Lipinski definition) is 16. The van der Waals surface area contributed by atoms with Gasteiger partial charge in [0.15, 0.2) is 0 Å². The van der Waals surface area contributed by atoms with E-state index in [2.05, 4.69) is 14.2 Å². The van der Waals surface area contributed by atoms with Crippen molar-refractivity contribution in [2.24, 2.45) is 0 Å². The maximum atomic E-state index is 10.8. The summed E-state index contributed by atoms with van der Waals surface area (Å²) in [5.41, 5.74) is 1.37. The van der Waals surface area contributed by atoms with Crippen LogP contribution in [-0.2, 0) is 23.8 Å². The molecule has 4 rings (SSSR count). The number of carbonyl (C=O) groups is 6. The molecule has 59 heavy (non-hydrogen) atoms. The Kier molecular flexibility index (Phi) is 45.1. The molecule has 300 valence electrons. The predicted molar refractivity (Wildman–Crippen MR) is 195 cm³/mol. The molecule has 0 fully saturated rings. The molecule has 0 unspecified atom stereocenters. The number of esters is 3. The number of aromatic carboxylic acids is 1. The van der Waals surface area contributed by atoms with Crippen LogP contribution in [-0.4, -0.2) is 77.6 Å². The summed E-state index contributed by atoms with van der Waals surface area (Å²) in [6.45, 7) is 3.34. The van der Waals surface area contributed by atoms with Gasteiger partial charge < -0.3 is 64.3 Å². The van der Waals surface area contributed by atoms with Gasteiger partial charge in [-0.3, -0.25) is 0 Å². The van der Waals surface area contributed by atoms with Crippen LogP contribution in [0.4, 0.5) is 0 Å². The molecule has 0 aliphatic carbocycles. The van der Waals surface area contributed by atoms with E-state index < -0.39 is 35.8 Å². The number of carboxylic acid groups (broad SMARTS) is 3. The number of allylic oxidation sites excluding steroid dienone is 3. The molecular formula is C40H41K3O16. The third-order valence-corrected chi connectivity index (χ3v) is 5.79. The van der Waals surface area contributed by atoms with Crippen molar-refractivity contribution >= 4 is 35.8 Å². The van der Waals surface area contributed by atoms with Crippen molar-refractivity contribution in [2.45, 2.75) is 20.3 Å². The van der Waals surface area contributed by atoms with E-state index >= 15 is 0 Å². The maximum absolute atomic E-state index is 10.8. The molecule has 0 aromatic heterocycles. The predicted octanol–water partition coefficient (Wildman–Crippen LogP) is -6.68. The molecule has 0 atom stereocenters. The van der Waals surface area contributed by atoms with Crippen molar-refractivity contribution in [3.05, 3.63) is 144 Å². The number of hydrogen-bond donors (Lipinski definition) is 4. The van der Waals surface area contributed by atoms with Crippen LogP contribution in [0.1, 0.15) is 61.7 Å². The van der Waals surface area contributed by atoms with Crippen LogP contribution in [0.25, 0.3) is 0 Å². The number of carboxylic acids is 3. The smallest absolute Gasteiger partial charge is 0.550 e. The van der Waals surface area contributed by atoms with Crippen molar-refractivity contribution in [2.75, 3.05) is 21.3 Å². The minimum atomic E-state index is -1.24. The first-order valence-electron chi connectivity index (χ1n) is 15.8. The molecule has 0 aliphatic heterocycles. The first-order chi connectivity index (χ1) is 26.4. The average Bonchev–Trinajstić information content (AvgIpc) is 3.19. The first kappa shape index (κ1) is 65.4. The molecule has 0 radical (unpaired) electrons. The van der Waals surface area contributed by atoms with Crippen molar-refractivity contribution in [3.8, 4) is 23.0 Å². The SMILES string of the molecule is CC=CC=CC(=O)[O-].CCC(=O)[O-].COC(=O)c1ccc(O)cc1.COC(=O)c1ccc(O)cc1.COC(=O)c1ccc(O)cc1.O=C([O-])c1ccc(O)cc1.[K+].[K+].[K+]. The van der Waals surface area contributed by atoms with Gasteiger partial charge in [0.2, 0.25) is 0 Å². The van der Waals surface area contributed by atoms with Gasteiger partial charge in [-0.1, -0.05) is 25.2 Å². The summed E-state index contributed by atoms with van der Waals surface area (Å²) in [4.78, 5) is 61.5. The van der Waals surface area contributed by atoms with Crippen molar-refractivity contribution in [3.63, 3.8) is 0 Å². The number of rotatable bonds is 7. The molecule has 0 heterocycles. The molecule has 0 saturated carbocycles. The molecule has 0 aliphatic rings. The van der Waals surface area contributed by atoms with E-state index in [0.717, 1.165) is 6.08 Å². The zero-order valence-electron chi connectivity index (χ0n) is 33.9. The number of aromatic hydroxyl groups is 4. The number of phenols is 4. The molecule has 0 bridgehead atoms. The van der Waals surface area contributed by atoms with Gasteiger partial charge in [0, 0.05) is 5.97 Å². The second-order valence-corrected chi connectivity index (χ2v) is 9.88. The fraction of sp³-hybridized carbons (Fsp3) is 0.150. The molecule has 0 spiro atoms.